The van der Waals surface area contributed by atoms with Gasteiger partial charge in [-0.15, -0.1) is 0 Å². The first kappa shape index (κ1) is 28.8. The molecule has 166 valence electrons. The molecule has 0 heterocycles. The highest BCUT2D eigenvalue weighted by molar-refractivity contribution is 7.79. The van der Waals surface area contributed by atoms with Gasteiger partial charge in [-0.1, -0.05) is 6.92 Å². The van der Waals surface area contributed by atoms with Gasteiger partial charge in [0.15, 0.2) is 0 Å². The molecule has 0 rings (SSSR count). The van der Waals surface area contributed by atoms with Crippen LogP contribution in [-0.2, 0) is 38.8 Å². The van der Waals surface area contributed by atoms with Gasteiger partial charge >= 0.3 is 10.4 Å². The Morgan fingerprint density at radius 1 is 0.556 bits per heavy atom. The van der Waals surface area contributed by atoms with Crippen molar-refractivity contribution < 1.29 is 51.1 Å². The van der Waals surface area contributed by atoms with E-state index in [4.69, 9.17) is 51.1 Å². The highest BCUT2D eigenvalue weighted by atomic mass is 32.3. The maximum absolute atomic E-state index is 8.74. The van der Waals surface area contributed by atoms with Gasteiger partial charge in [0.25, 0.3) is 0 Å². The summed E-state index contributed by atoms with van der Waals surface area (Å²) in [4.78, 5) is 0. The van der Waals surface area contributed by atoms with Gasteiger partial charge in [0.1, 0.15) is 0 Å². The molecule has 0 saturated carbocycles. The zero-order valence-corrected chi connectivity index (χ0v) is 16.7. The van der Waals surface area contributed by atoms with Gasteiger partial charge in [0.2, 0.25) is 0 Å². The van der Waals surface area contributed by atoms with Gasteiger partial charge in [-0.3, -0.25) is 9.11 Å². The van der Waals surface area contributed by atoms with Crippen LogP contribution in [-0.4, -0.2) is 109 Å². The summed E-state index contributed by atoms with van der Waals surface area (Å²) in [6.07, 6.45) is 1.03. The highest BCUT2D eigenvalue weighted by Crippen LogP contribution is 1.85. The molecular formula is C15H34O11S. The lowest BCUT2D eigenvalue weighted by Gasteiger charge is -2.08. The largest absolute Gasteiger partial charge is 0.394 e. The van der Waals surface area contributed by atoms with Crippen molar-refractivity contribution in [2.45, 2.75) is 13.3 Å². The van der Waals surface area contributed by atoms with Crippen molar-refractivity contribution in [3.8, 4) is 0 Å². The summed E-state index contributed by atoms with van der Waals surface area (Å²) in [6.45, 7) is 8.83. The first-order chi connectivity index (χ1) is 12.9. The van der Waals surface area contributed by atoms with E-state index in [9.17, 15) is 0 Å². The van der Waals surface area contributed by atoms with Crippen LogP contribution in [0.5, 0.6) is 0 Å². The van der Waals surface area contributed by atoms with Gasteiger partial charge in [-0.25, -0.2) is 0 Å². The van der Waals surface area contributed by atoms with Crippen LogP contribution in [0, 0.1) is 0 Å². The standard InChI is InChI=1S/C15H32O7.H2O4S/c1-2-4-17-6-8-19-10-12-21-14-15-22-13-11-20-9-7-18-5-3-16;1-5(2,3)4/h16H,2-15H2,1H3;(H2,1,2,3,4). The molecule has 0 aliphatic carbocycles. The molecular weight excluding hydrogens is 388 g/mol. The molecule has 0 bridgehead atoms. The molecule has 0 amide bonds. The van der Waals surface area contributed by atoms with Crippen molar-refractivity contribution in [3.63, 3.8) is 0 Å². The van der Waals surface area contributed by atoms with Gasteiger partial charge < -0.3 is 33.5 Å². The first-order valence-corrected chi connectivity index (χ1v) is 10.1. The Labute approximate surface area is 161 Å². The number of rotatable bonds is 19. The van der Waals surface area contributed by atoms with E-state index in [-0.39, 0.29) is 6.61 Å². The van der Waals surface area contributed by atoms with Crippen molar-refractivity contribution in [2.75, 3.05) is 85.9 Å². The second-order valence-electron chi connectivity index (χ2n) is 4.85. The maximum atomic E-state index is 8.74. The Morgan fingerprint density at radius 3 is 1.00 bits per heavy atom. The van der Waals surface area contributed by atoms with E-state index in [0.29, 0.717) is 72.7 Å². The van der Waals surface area contributed by atoms with Crippen molar-refractivity contribution in [1.82, 2.24) is 0 Å². The third kappa shape index (κ3) is 41.2. The van der Waals surface area contributed by atoms with E-state index in [1.54, 1.807) is 0 Å². The molecule has 27 heavy (non-hydrogen) atoms. The monoisotopic (exact) mass is 422 g/mol. The van der Waals surface area contributed by atoms with Crippen molar-refractivity contribution in [3.05, 3.63) is 0 Å². The van der Waals surface area contributed by atoms with Crippen LogP contribution in [0.25, 0.3) is 0 Å². The van der Waals surface area contributed by atoms with Gasteiger partial charge in [0.05, 0.1) is 79.3 Å². The summed E-state index contributed by atoms with van der Waals surface area (Å²) >= 11 is 0. The number of ether oxygens (including phenoxy) is 6. The van der Waals surface area contributed by atoms with E-state index < -0.39 is 10.4 Å². The molecule has 0 aliphatic rings. The number of hydrogen-bond acceptors (Lipinski definition) is 9. The lowest BCUT2D eigenvalue weighted by molar-refractivity contribution is -0.0181. The third-order valence-electron chi connectivity index (χ3n) is 2.44. The van der Waals surface area contributed by atoms with Crippen LogP contribution in [0.3, 0.4) is 0 Å². The topological polar surface area (TPSA) is 150 Å². The van der Waals surface area contributed by atoms with E-state index >= 15 is 0 Å². The fourth-order valence-electron chi connectivity index (χ4n) is 1.41. The van der Waals surface area contributed by atoms with Crippen LogP contribution in [0.15, 0.2) is 0 Å². The van der Waals surface area contributed by atoms with Crippen molar-refractivity contribution in [1.29, 1.82) is 0 Å². The molecule has 0 radical (unpaired) electrons. The number of aliphatic hydroxyl groups excluding tert-OH is 1. The van der Waals surface area contributed by atoms with E-state index in [1.165, 1.54) is 0 Å². The molecule has 0 aromatic carbocycles. The minimum Gasteiger partial charge on any atom is -0.394 e. The van der Waals surface area contributed by atoms with E-state index in [0.717, 1.165) is 13.0 Å². The van der Waals surface area contributed by atoms with E-state index in [1.807, 2.05) is 0 Å². The minimum absolute atomic E-state index is 0.0424. The average Bonchev–Trinajstić information content (AvgIpc) is 2.59. The molecule has 0 unspecified atom stereocenters. The molecule has 0 aromatic heterocycles. The first-order valence-electron chi connectivity index (χ1n) is 8.69. The predicted molar refractivity (Wildman–Crippen MR) is 96.5 cm³/mol. The number of hydrogen-bond donors (Lipinski definition) is 3. The van der Waals surface area contributed by atoms with Crippen LogP contribution >= 0.6 is 0 Å². The smallest absolute Gasteiger partial charge is 0.394 e. The van der Waals surface area contributed by atoms with Gasteiger partial charge in [-0.2, -0.15) is 8.42 Å². The van der Waals surface area contributed by atoms with Crippen LogP contribution in [0.1, 0.15) is 13.3 Å². The molecule has 0 fully saturated rings. The average molecular weight is 422 g/mol. The fourth-order valence-corrected chi connectivity index (χ4v) is 1.41. The summed E-state index contributed by atoms with van der Waals surface area (Å²) in [5.41, 5.74) is 0. The Morgan fingerprint density at radius 2 is 0.778 bits per heavy atom. The predicted octanol–water partition coefficient (Wildman–Crippen LogP) is -0.164. The van der Waals surface area contributed by atoms with Crippen LogP contribution in [0.4, 0.5) is 0 Å². The Hall–Kier alpha value is -0.410. The Bertz CT molecular complexity index is 337. The SMILES string of the molecule is CCCOCCOCCOCCOCCOCCOCCO.O=S(=O)(O)O. The van der Waals surface area contributed by atoms with Crippen LogP contribution < -0.4 is 0 Å². The second-order valence-corrected chi connectivity index (χ2v) is 5.74. The lowest BCUT2D eigenvalue weighted by atomic mass is 10.5. The third-order valence-corrected chi connectivity index (χ3v) is 2.44. The Balaban J connectivity index is 0. The molecule has 11 nitrogen and oxygen atoms in total. The van der Waals surface area contributed by atoms with Crippen LogP contribution in [0.2, 0.25) is 0 Å². The summed E-state index contributed by atoms with van der Waals surface area (Å²) in [5, 5.41) is 8.49. The highest BCUT2D eigenvalue weighted by Gasteiger charge is 1.93. The normalized spacial score (nSPS) is 11.3. The summed E-state index contributed by atoms with van der Waals surface area (Å²) in [6, 6.07) is 0. The molecule has 0 aromatic rings. The Kier molecular flexibility index (Phi) is 25.2. The zero-order chi connectivity index (χ0) is 20.6. The lowest BCUT2D eigenvalue weighted by Crippen LogP contribution is -2.14. The minimum atomic E-state index is -4.67. The molecule has 12 heteroatoms. The van der Waals surface area contributed by atoms with Crippen molar-refractivity contribution in [2.24, 2.45) is 0 Å². The second kappa shape index (κ2) is 23.6. The summed E-state index contributed by atoms with van der Waals surface area (Å²) in [5.74, 6) is 0. The van der Waals surface area contributed by atoms with Gasteiger partial charge in [0, 0.05) is 6.61 Å². The molecule has 3 N–H and O–H groups in total. The maximum Gasteiger partial charge on any atom is 0.394 e. The number of aliphatic hydroxyl groups is 1. The summed E-state index contributed by atoms with van der Waals surface area (Å²) < 4.78 is 63.2. The fraction of sp³-hybridized carbons (Fsp3) is 1.00. The van der Waals surface area contributed by atoms with Crippen molar-refractivity contribution >= 4 is 10.4 Å². The van der Waals surface area contributed by atoms with Gasteiger partial charge in [-0.05, 0) is 6.42 Å². The molecule has 0 atom stereocenters. The van der Waals surface area contributed by atoms with E-state index in [2.05, 4.69) is 6.92 Å². The molecule has 0 saturated heterocycles. The molecule has 0 aliphatic heterocycles. The molecule has 0 spiro atoms. The zero-order valence-electron chi connectivity index (χ0n) is 15.9. The quantitative estimate of drug-likeness (QED) is 0.188. The summed E-state index contributed by atoms with van der Waals surface area (Å²) in [7, 11) is -4.67.